The van der Waals surface area contributed by atoms with Gasteiger partial charge in [0.05, 0.1) is 12.3 Å². The second-order valence-corrected chi connectivity index (χ2v) is 8.21. The molecule has 0 aliphatic carbocycles. The van der Waals surface area contributed by atoms with Gasteiger partial charge in [0.2, 0.25) is 5.91 Å². The minimum atomic E-state index is -0.132. The molecule has 0 N–H and O–H groups in total. The summed E-state index contributed by atoms with van der Waals surface area (Å²) < 4.78 is 0. The van der Waals surface area contributed by atoms with Crippen LogP contribution >= 0.6 is 0 Å². The predicted octanol–water partition coefficient (Wildman–Crippen LogP) is 4.04. The van der Waals surface area contributed by atoms with E-state index >= 15 is 0 Å². The van der Waals surface area contributed by atoms with Crippen LogP contribution in [0.4, 0.5) is 0 Å². The van der Waals surface area contributed by atoms with Gasteiger partial charge in [-0.1, -0.05) is 56.3 Å². The first-order valence-electron chi connectivity index (χ1n) is 9.35. The van der Waals surface area contributed by atoms with Crippen molar-refractivity contribution in [1.29, 1.82) is 0 Å². The lowest BCUT2D eigenvalue weighted by Crippen LogP contribution is -2.38. The number of benzene rings is 1. The largest absolute Gasteiger partial charge is 0.390 e. The molecule has 0 bridgehead atoms. The van der Waals surface area contributed by atoms with Crippen LogP contribution in [0.2, 0.25) is 0 Å². The lowest BCUT2D eigenvalue weighted by molar-refractivity contribution is -0.135. The monoisotopic (exact) mass is 365 g/mol. The average Bonchev–Trinajstić information content (AvgIpc) is 3.10. The zero-order valence-electron chi connectivity index (χ0n) is 16.3. The number of oxime groups is 1. The normalized spacial score (nSPS) is 16.6. The highest BCUT2D eigenvalue weighted by Crippen LogP contribution is 2.23. The van der Waals surface area contributed by atoms with E-state index in [9.17, 15) is 4.79 Å². The summed E-state index contributed by atoms with van der Waals surface area (Å²) in [6.45, 7) is 7.36. The SMILES string of the molecule is CC(C)(C)CC(=O)N(Cc1ccccc1)C[C@H]1CC(c2cccnc2)=NO1. The van der Waals surface area contributed by atoms with Gasteiger partial charge < -0.3 is 9.74 Å². The van der Waals surface area contributed by atoms with Crippen LogP contribution in [-0.2, 0) is 16.2 Å². The fourth-order valence-corrected chi connectivity index (χ4v) is 3.10. The van der Waals surface area contributed by atoms with E-state index in [0.717, 1.165) is 16.8 Å². The van der Waals surface area contributed by atoms with Crippen LogP contribution in [0.15, 0.2) is 60.0 Å². The number of carbonyl (C=O) groups excluding carboxylic acids is 1. The summed E-state index contributed by atoms with van der Waals surface area (Å²) in [4.78, 5) is 24.6. The third-order valence-electron chi connectivity index (χ3n) is 4.40. The predicted molar refractivity (Wildman–Crippen MR) is 106 cm³/mol. The molecule has 1 amide bonds. The van der Waals surface area contributed by atoms with Crippen LogP contribution in [-0.4, -0.2) is 34.2 Å². The Morgan fingerprint density at radius 3 is 2.63 bits per heavy atom. The van der Waals surface area contributed by atoms with E-state index in [1.807, 2.05) is 47.4 Å². The molecule has 0 radical (unpaired) electrons. The molecule has 1 aliphatic heterocycles. The van der Waals surface area contributed by atoms with Crippen LogP contribution < -0.4 is 0 Å². The third-order valence-corrected chi connectivity index (χ3v) is 4.40. The summed E-state index contributed by atoms with van der Waals surface area (Å²) in [5.41, 5.74) is 2.91. The number of carbonyl (C=O) groups is 1. The minimum absolute atomic E-state index is 0.0556. The molecule has 2 aromatic rings. The molecule has 0 spiro atoms. The molecule has 142 valence electrons. The first kappa shape index (κ1) is 19.1. The molecular formula is C22H27N3O2. The van der Waals surface area contributed by atoms with Crippen molar-refractivity contribution in [2.45, 2.75) is 46.3 Å². The Bertz CT molecular complexity index is 782. The van der Waals surface area contributed by atoms with Crippen LogP contribution in [0.25, 0.3) is 0 Å². The fraction of sp³-hybridized carbons (Fsp3) is 0.409. The van der Waals surface area contributed by atoms with E-state index in [-0.39, 0.29) is 17.4 Å². The maximum absolute atomic E-state index is 12.9. The first-order valence-corrected chi connectivity index (χ1v) is 9.35. The number of hydrogen-bond donors (Lipinski definition) is 0. The van der Waals surface area contributed by atoms with Crippen LogP contribution in [0, 0.1) is 5.41 Å². The zero-order chi connectivity index (χ0) is 19.3. The van der Waals surface area contributed by atoms with Crippen LogP contribution in [0.5, 0.6) is 0 Å². The van der Waals surface area contributed by atoms with Gasteiger partial charge in [0.25, 0.3) is 0 Å². The smallest absolute Gasteiger partial charge is 0.223 e. The molecule has 1 aliphatic rings. The Hall–Kier alpha value is -2.69. The molecule has 1 aromatic carbocycles. The van der Waals surface area contributed by atoms with Gasteiger partial charge in [-0.25, -0.2) is 0 Å². The molecule has 0 fully saturated rings. The number of aromatic nitrogens is 1. The summed E-state index contributed by atoms with van der Waals surface area (Å²) >= 11 is 0. The van der Waals surface area contributed by atoms with Crippen molar-refractivity contribution in [3.63, 3.8) is 0 Å². The molecule has 1 atom stereocenters. The molecular weight excluding hydrogens is 338 g/mol. The van der Waals surface area contributed by atoms with E-state index in [2.05, 4.69) is 30.9 Å². The number of amides is 1. The van der Waals surface area contributed by atoms with E-state index < -0.39 is 0 Å². The maximum atomic E-state index is 12.9. The molecule has 1 aromatic heterocycles. The number of rotatable bonds is 6. The van der Waals surface area contributed by atoms with Gasteiger partial charge in [0, 0.05) is 37.3 Å². The Balaban J connectivity index is 1.67. The lowest BCUT2D eigenvalue weighted by Gasteiger charge is -2.28. The average molecular weight is 365 g/mol. The zero-order valence-corrected chi connectivity index (χ0v) is 16.3. The molecule has 3 rings (SSSR count). The van der Waals surface area contributed by atoms with Crippen molar-refractivity contribution in [3.05, 3.63) is 66.0 Å². The Morgan fingerprint density at radius 1 is 1.19 bits per heavy atom. The van der Waals surface area contributed by atoms with Gasteiger partial charge in [0.15, 0.2) is 6.10 Å². The summed E-state index contributed by atoms with van der Waals surface area (Å²) in [7, 11) is 0. The van der Waals surface area contributed by atoms with Gasteiger partial charge in [0.1, 0.15) is 0 Å². The Kier molecular flexibility index (Phi) is 5.89. The topological polar surface area (TPSA) is 54.8 Å². The quantitative estimate of drug-likeness (QED) is 0.776. The second kappa shape index (κ2) is 8.33. The molecule has 5 nitrogen and oxygen atoms in total. The number of nitrogens with zero attached hydrogens (tertiary/aromatic N) is 3. The fourth-order valence-electron chi connectivity index (χ4n) is 3.10. The Morgan fingerprint density at radius 2 is 1.96 bits per heavy atom. The number of pyridine rings is 1. The Labute approximate surface area is 161 Å². The summed E-state index contributed by atoms with van der Waals surface area (Å²) in [5.74, 6) is 0.143. The van der Waals surface area contributed by atoms with Crippen molar-refractivity contribution in [2.24, 2.45) is 10.6 Å². The van der Waals surface area contributed by atoms with Gasteiger partial charge in [-0.05, 0) is 23.1 Å². The van der Waals surface area contributed by atoms with E-state index in [1.54, 1.807) is 12.4 Å². The second-order valence-electron chi connectivity index (χ2n) is 8.21. The van der Waals surface area contributed by atoms with Crippen molar-refractivity contribution < 1.29 is 9.63 Å². The van der Waals surface area contributed by atoms with E-state index in [1.165, 1.54) is 0 Å². The van der Waals surface area contributed by atoms with Gasteiger partial charge in [-0.15, -0.1) is 0 Å². The van der Waals surface area contributed by atoms with Crippen molar-refractivity contribution in [1.82, 2.24) is 9.88 Å². The summed E-state index contributed by atoms with van der Waals surface area (Å²) in [6.07, 6.45) is 4.58. The molecule has 2 heterocycles. The highest BCUT2D eigenvalue weighted by Gasteiger charge is 2.28. The van der Waals surface area contributed by atoms with Crippen LogP contribution in [0.1, 0.15) is 44.7 Å². The molecule has 27 heavy (non-hydrogen) atoms. The molecule has 0 saturated carbocycles. The van der Waals surface area contributed by atoms with Gasteiger partial charge in [-0.2, -0.15) is 0 Å². The van der Waals surface area contributed by atoms with Gasteiger partial charge >= 0.3 is 0 Å². The highest BCUT2D eigenvalue weighted by molar-refractivity contribution is 6.01. The van der Waals surface area contributed by atoms with Crippen molar-refractivity contribution in [3.8, 4) is 0 Å². The third kappa shape index (κ3) is 5.64. The van der Waals surface area contributed by atoms with Crippen molar-refractivity contribution >= 4 is 11.6 Å². The van der Waals surface area contributed by atoms with E-state index in [4.69, 9.17) is 4.84 Å². The molecule has 0 saturated heterocycles. The standard InChI is InChI=1S/C22H27N3O2/c1-22(2,3)13-21(26)25(15-17-8-5-4-6-9-17)16-19-12-20(24-27-19)18-10-7-11-23-14-18/h4-11,14,19H,12-13,15-16H2,1-3H3/t19-/m1/s1. The lowest BCUT2D eigenvalue weighted by atomic mass is 9.91. The highest BCUT2D eigenvalue weighted by atomic mass is 16.6. The summed E-state index contributed by atoms with van der Waals surface area (Å²) in [6, 6.07) is 13.9. The van der Waals surface area contributed by atoms with E-state index in [0.29, 0.717) is 25.9 Å². The summed E-state index contributed by atoms with van der Waals surface area (Å²) in [5, 5.41) is 4.22. The van der Waals surface area contributed by atoms with Crippen LogP contribution in [0.3, 0.4) is 0 Å². The minimum Gasteiger partial charge on any atom is -0.390 e. The first-order chi connectivity index (χ1) is 12.9. The number of hydrogen-bond acceptors (Lipinski definition) is 4. The maximum Gasteiger partial charge on any atom is 0.223 e. The molecule has 0 unspecified atom stereocenters. The van der Waals surface area contributed by atoms with Crippen molar-refractivity contribution in [2.75, 3.05) is 6.54 Å². The van der Waals surface area contributed by atoms with Gasteiger partial charge in [-0.3, -0.25) is 9.78 Å². The molecule has 5 heteroatoms.